The van der Waals surface area contributed by atoms with Gasteiger partial charge in [0, 0.05) is 35.3 Å². The molecule has 0 bridgehead atoms. The minimum absolute atomic E-state index is 0.371. The molecule has 2 nitrogen and oxygen atoms in total. The molecule has 1 aliphatic rings. The van der Waals surface area contributed by atoms with E-state index in [1.54, 1.807) is 6.92 Å². The first-order valence-corrected chi connectivity index (χ1v) is 5.66. The van der Waals surface area contributed by atoms with Gasteiger partial charge in [-0.3, -0.25) is 8.32 Å². The molecule has 1 fully saturated rings. The highest BCUT2D eigenvalue weighted by molar-refractivity contribution is 14.1. The quantitative estimate of drug-likeness (QED) is 0.635. The minimum Gasteiger partial charge on any atom is -0.300 e. The number of carbonyl (C=O) groups excluding carboxylic acids is 1. The van der Waals surface area contributed by atoms with Crippen molar-refractivity contribution in [3.63, 3.8) is 0 Å². The third-order valence-corrected chi connectivity index (χ3v) is 3.23. The summed E-state index contributed by atoms with van der Waals surface area (Å²) >= 11 is 2.19. The normalized spacial score (nSPS) is 30.2. The Labute approximate surface area is 88.0 Å². The highest BCUT2D eigenvalue weighted by atomic mass is 127. The van der Waals surface area contributed by atoms with Crippen molar-refractivity contribution in [1.82, 2.24) is 3.53 Å². The molecular formula is C9H16INO. The molecule has 0 saturated heterocycles. The second kappa shape index (κ2) is 5.17. The summed E-state index contributed by atoms with van der Waals surface area (Å²) in [7, 11) is 0. The van der Waals surface area contributed by atoms with Gasteiger partial charge in [-0.15, -0.1) is 0 Å². The van der Waals surface area contributed by atoms with Gasteiger partial charge in [0.25, 0.3) is 0 Å². The standard InChI is InChI=1S/C9H16INO/c1-7(12)9-4-2-8(3-5-9)6-11-10/h8-9,11H,2-6H2,1H3. The lowest BCUT2D eigenvalue weighted by Gasteiger charge is -2.26. The lowest BCUT2D eigenvalue weighted by atomic mass is 9.80. The molecule has 0 unspecified atom stereocenters. The highest BCUT2D eigenvalue weighted by Crippen LogP contribution is 2.28. The van der Waals surface area contributed by atoms with Gasteiger partial charge in [-0.25, -0.2) is 0 Å². The Morgan fingerprint density at radius 1 is 1.42 bits per heavy atom. The maximum Gasteiger partial charge on any atom is 0.132 e. The number of hydrogen-bond donors (Lipinski definition) is 1. The molecule has 0 radical (unpaired) electrons. The fourth-order valence-corrected chi connectivity index (χ4v) is 2.51. The van der Waals surface area contributed by atoms with Crippen molar-refractivity contribution in [2.45, 2.75) is 32.6 Å². The SMILES string of the molecule is CC(=O)C1CCC(CNI)CC1. The fourth-order valence-electron chi connectivity index (χ4n) is 1.88. The number of halogens is 1. The molecule has 12 heavy (non-hydrogen) atoms. The summed E-state index contributed by atoms with van der Waals surface area (Å²) in [6, 6.07) is 0. The summed E-state index contributed by atoms with van der Waals surface area (Å²) in [5.41, 5.74) is 0. The predicted octanol–water partition coefficient (Wildman–Crippen LogP) is 2.32. The van der Waals surface area contributed by atoms with E-state index < -0.39 is 0 Å². The van der Waals surface area contributed by atoms with Crippen LogP contribution in [0.3, 0.4) is 0 Å². The number of hydrogen-bond acceptors (Lipinski definition) is 2. The largest absolute Gasteiger partial charge is 0.300 e. The van der Waals surface area contributed by atoms with Crippen LogP contribution < -0.4 is 3.53 Å². The van der Waals surface area contributed by atoms with E-state index in [1.165, 1.54) is 12.8 Å². The molecule has 70 valence electrons. The molecule has 0 heterocycles. The highest BCUT2D eigenvalue weighted by Gasteiger charge is 2.23. The Hall–Kier alpha value is 0.360. The lowest BCUT2D eigenvalue weighted by molar-refractivity contribution is -0.121. The Kier molecular flexibility index (Phi) is 4.50. The van der Waals surface area contributed by atoms with Crippen LogP contribution in [-0.2, 0) is 4.79 Å². The van der Waals surface area contributed by atoms with Gasteiger partial charge < -0.3 is 0 Å². The molecule has 3 heteroatoms. The maximum absolute atomic E-state index is 11.0. The predicted molar refractivity (Wildman–Crippen MR) is 58.2 cm³/mol. The molecule has 0 aromatic rings. The van der Waals surface area contributed by atoms with Gasteiger partial charge >= 0.3 is 0 Å². The zero-order valence-electron chi connectivity index (χ0n) is 7.48. The third kappa shape index (κ3) is 3.01. The summed E-state index contributed by atoms with van der Waals surface area (Å²) in [6.07, 6.45) is 4.66. The maximum atomic E-state index is 11.0. The average molecular weight is 281 g/mol. The number of Topliss-reactive ketones (excluding diaryl/α,β-unsaturated/α-hetero) is 1. The van der Waals surface area contributed by atoms with Crippen molar-refractivity contribution in [2.75, 3.05) is 6.54 Å². The second-order valence-electron chi connectivity index (χ2n) is 3.67. The van der Waals surface area contributed by atoms with Crippen LogP contribution in [-0.4, -0.2) is 12.3 Å². The Morgan fingerprint density at radius 2 is 2.00 bits per heavy atom. The molecule has 0 spiro atoms. The van der Waals surface area contributed by atoms with E-state index in [-0.39, 0.29) is 0 Å². The summed E-state index contributed by atoms with van der Waals surface area (Å²) in [5.74, 6) is 1.56. The Morgan fingerprint density at radius 3 is 2.42 bits per heavy atom. The summed E-state index contributed by atoms with van der Waals surface area (Å²) in [5, 5.41) is 0. The van der Waals surface area contributed by atoms with Gasteiger partial charge in [0.05, 0.1) is 0 Å². The molecule has 1 aliphatic carbocycles. The van der Waals surface area contributed by atoms with Gasteiger partial charge in [-0.2, -0.15) is 0 Å². The zero-order chi connectivity index (χ0) is 8.97. The second-order valence-corrected chi connectivity index (χ2v) is 4.43. The minimum atomic E-state index is 0.371. The zero-order valence-corrected chi connectivity index (χ0v) is 9.63. The molecule has 1 saturated carbocycles. The summed E-state index contributed by atoms with van der Waals surface area (Å²) in [4.78, 5) is 11.0. The van der Waals surface area contributed by atoms with Crippen molar-refractivity contribution < 1.29 is 4.79 Å². The Bertz CT molecular complexity index is 153. The smallest absolute Gasteiger partial charge is 0.132 e. The number of rotatable bonds is 3. The van der Waals surface area contributed by atoms with E-state index >= 15 is 0 Å². The van der Waals surface area contributed by atoms with E-state index in [4.69, 9.17) is 0 Å². The molecule has 0 amide bonds. The van der Waals surface area contributed by atoms with E-state index in [0.717, 1.165) is 25.3 Å². The van der Waals surface area contributed by atoms with Crippen LogP contribution in [0.15, 0.2) is 0 Å². The third-order valence-electron chi connectivity index (χ3n) is 2.79. The summed E-state index contributed by atoms with van der Waals surface area (Å²) in [6.45, 7) is 2.83. The molecule has 1 N–H and O–H groups in total. The first kappa shape index (κ1) is 10.4. The van der Waals surface area contributed by atoms with Crippen molar-refractivity contribution >= 4 is 28.6 Å². The van der Waals surface area contributed by atoms with Crippen LogP contribution in [0.25, 0.3) is 0 Å². The van der Waals surface area contributed by atoms with Crippen LogP contribution in [0.5, 0.6) is 0 Å². The molecule has 0 aromatic carbocycles. The molecule has 0 aromatic heterocycles. The monoisotopic (exact) mass is 281 g/mol. The number of ketones is 1. The van der Waals surface area contributed by atoms with Crippen molar-refractivity contribution in [1.29, 1.82) is 0 Å². The lowest BCUT2D eigenvalue weighted by Crippen LogP contribution is -2.24. The molecule has 0 atom stereocenters. The van der Waals surface area contributed by atoms with Crippen LogP contribution in [0.2, 0.25) is 0 Å². The van der Waals surface area contributed by atoms with Gasteiger partial charge in [0.2, 0.25) is 0 Å². The van der Waals surface area contributed by atoms with Crippen LogP contribution >= 0.6 is 22.9 Å². The van der Waals surface area contributed by atoms with Crippen LogP contribution in [0.1, 0.15) is 32.6 Å². The van der Waals surface area contributed by atoms with Gasteiger partial charge in [-0.05, 0) is 38.5 Å². The van der Waals surface area contributed by atoms with E-state index in [2.05, 4.69) is 26.4 Å². The van der Waals surface area contributed by atoms with Gasteiger partial charge in [0.1, 0.15) is 5.78 Å². The average Bonchev–Trinajstić information content (AvgIpc) is 2.06. The van der Waals surface area contributed by atoms with Crippen molar-refractivity contribution in [2.24, 2.45) is 11.8 Å². The first-order chi connectivity index (χ1) is 5.74. The van der Waals surface area contributed by atoms with Crippen molar-refractivity contribution in [3.8, 4) is 0 Å². The van der Waals surface area contributed by atoms with Crippen LogP contribution in [0.4, 0.5) is 0 Å². The number of carbonyl (C=O) groups is 1. The first-order valence-electron chi connectivity index (χ1n) is 4.58. The van der Waals surface area contributed by atoms with E-state index in [1.807, 2.05) is 0 Å². The van der Waals surface area contributed by atoms with Gasteiger partial charge in [-0.1, -0.05) is 0 Å². The molecular weight excluding hydrogens is 265 g/mol. The van der Waals surface area contributed by atoms with Crippen LogP contribution in [0, 0.1) is 11.8 Å². The number of nitrogens with one attached hydrogen (secondary N) is 1. The Balaban J connectivity index is 2.25. The molecule has 0 aliphatic heterocycles. The van der Waals surface area contributed by atoms with E-state index in [0.29, 0.717) is 11.7 Å². The summed E-state index contributed by atoms with van der Waals surface area (Å²) < 4.78 is 3.17. The van der Waals surface area contributed by atoms with E-state index in [9.17, 15) is 4.79 Å². The van der Waals surface area contributed by atoms with Gasteiger partial charge in [0.15, 0.2) is 0 Å². The topological polar surface area (TPSA) is 29.1 Å². The van der Waals surface area contributed by atoms with Crippen molar-refractivity contribution in [3.05, 3.63) is 0 Å². The molecule has 1 rings (SSSR count). The fraction of sp³-hybridized carbons (Fsp3) is 0.889.